The number of hydrogen-bond acceptors (Lipinski definition) is 4. The monoisotopic (exact) mass is 304 g/mol. The Kier molecular flexibility index (Phi) is 3.18. The summed E-state index contributed by atoms with van der Waals surface area (Å²) in [5.74, 6) is -1.67. The zero-order chi connectivity index (χ0) is 15.1. The zero-order valence-corrected chi connectivity index (χ0v) is 12.1. The summed E-state index contributed by atoms with van der Waals surface area (Å²) < 4.78 is 27.8. The van der Waals surface area contributed by atoms with Crippen molar-refractivity contribution >= 4 is 16.3 Å². The van der Waals surface area contributed by atoms with E-state index in [-0.39, 0.29) is 11.6 Å². The van der Waals surface area contributed by atoms with Crippen molar-refractivity contribution in [2.75, 3.05) is 0 Å². The molecule has 0 aliphatic heterocycles. The Labute approximate surface area is 123 Å². The van der Waals surface area contributed by atoms with E-state index in [1.165, 1.54) is 21.9 Å². The topological polar surface area (TPSA) is 54.0 Å². The highest BCUT2D eigenvalue weighted by Gasteiger charge is 2.19. The van der Waals surface area contributed by atoms with Crippen LogP contribution in [0.2, 0.25) is 0 Å². The highest BCUT2D eigenvalue weighted by molar-refractivity contribution is 7.16. The van der Waals surface area contributed by atoms with E-state index in [0.717, 1.165) is 17.1 Å². The van der Waals surface area contributed by atoms with Gasteiger partial charge in [-0.1, -0.05) is 25.2 Å². The van der Waals surface area contributed by atoms with Crippen LogP contribution in [-0.2, 0) is 0 Å². The number of nitriles is 1. The fourth-order valence-electron chi connectivity index (χ4n) is 1.94. The molecule has 0 aliphatic carbocycles. The Balaban J connectivity index is 2.21. The molecular weight excluding hydrogens is 294 g/mol. The smallest absolute Gasteiger partial charge is 0.214 e. The average Bonchev–Trinajstić information content (AvgIpc) is 2.98. The van der Waals surface area contributed by atoms with Gasteiger partial charge in [0.2, 0.25) is 4.96 Å². The van der Waals surface area contributed by atoms with Gasteiger partial charge in [0.25, 0.3) is 0 Å². The summed E-state index contributed by atoms with van der Waals surface area (Å²) in [5, 5.41) is 14.5. The van der Waals surface area contributed by atoms with Crippen LogP contribution < -0.4 is 0 Å². The molecule has 0 fully saturated rings. The molecule has 7 heteroatoms. The fraction of sp³-hybridized carbons (Fsp3) is 0.214. The minimum Gasteiger partial charge on any atom is -0.216 e. The molecule has 4 nitrogen and oxygen atoms in total. The normalized spacial score (nSPS) is 11.2. The van der Waals surface area contributed by atoms with Crippen molar-refractivity contribution in [1.82, 2.24) is 14.6 Å². The summed E-state index contributed by atoms with van der Waals surface area (Å²) in [7, 11) is 0. The molecule has 1 aromatic carbocycles. The molecule has 0 bridgehead atoms. The lowest BCUT2D eigenvalue weighted by Crippen LogP contribution is -1.94. The molecule has 0 saturated carbocycles. The first-order chi connectivity index (χ1) is 10.0. The number of nitrogens with zero attached hydrogens (tertiary/aromatic N) is 4. The fourth-order valence-corrected chi connectivity index (χ4v) is 2.84. The van der Waals surface area contributed by atoms with E-state index in [2.05, 4.69) is 10.1 Å². The van der Waals surface area contributed by atoms with Crippen LogP contribution in [-0.4, -0.2) is 14.6 Å². The standard InChI is InChI=1S/C14H10F2N4S/c1-7(2)13-19-20-11(6-17)12(18-14(20)21-13)8-3-4-9(15)10(16)5-8/h3-5,7H,1-2H3. The second kappa shape index (κ2) is 4.90. The summed E-state index contributed by atoms with van der Waals surface area (Å²) in [6.07, 6.45) is 0. The van der Waals surface area contributed by atoms with Crippen LogP contribution in [0.3, 0.4) is 0 Å². The summed E-state index contributed by atoms with van der Waals surface area (Å²) in [6, 6.07) is 5.48. The minimum atomic E-state index is -0.969. The van der Waals surface area contributed by atoms with E-state index in [1.807, 2.05) is 19.9 Å². The van der Waals surface area contributed by atoms with Gasteiger partial charge in [-0.05, 0) is 18.2 Å². The maximum Gasteiger partial charge on any atom is 0.214 e. The van der Waals surface area contributed by atoms with Crippen molar-refractivity contribution in [2.24, 2.45) is 0 Å². The van der Waals surface area contributed by atoms with E-state index in [1.54, 1.807) is 0 Å². The molecule has 21 heavy (non-hydrogen) atoms. The Morgan fingerprint density at radius 3 is 2.67 bits per heavy atom. The van der Waals surface area contributed by atoms with E-state index in [0.29, 0.717) is 16.2 Å². The third-order valence-electron chi connectivity index (χ3n) is 3.01. The van der Waals surface area contributed by atoms with Gasteiger partial charge in [0.05, 0.1) is 0 Å². The van der Waals surface area contributed by atoms with Gasteiger partial charge in [-0.15, -0.1) is 0 Å². The molecule has 2 heterocycles. The van der Waals surface area contributed by atoms with Crippen LogP contribution >= 0.6 is 11.3 Å². The molecule has 3 rings (SSSR count). The number of fused-ring (bicyclic) bond motifs is 1. The summed E-state index contributed by atoms with van der Waals surface area (Å²) >= 11 is 1.38. The Morgan fingerprint density at radius 1 is 1.29 bits per heavy atom. The van der Waals surface area contributed by atoms with Crippen molar-refractivity contribution in [1.29, 1.82) is 5.26 Å². The SMILES string of the molecule is CC(C)c1nn2c(C#N)c(-c3ccc(F)c(F)c3)nc2s1. The maximum absolute atomic E-state index is 13.3. The average molecular weight is 304 g/mol. The van der Waals surface area contributed by atoms with Crippen LogP contribution in [0.15, 0.2) is 18.2 Å². The number of halogens is 2. The van der Waals surface area contributed by atoms with Gasteiger partial charge in [0, 0.05) is 11.5 Å². The lowest BCUT2D eigenvalue weighted by molar-refractivity contribution is 0.509. The Bertz CT molecular complexity index is 873. The molecule has 0 amide bonds. The van der Waals surface area contributed by atoms with Crippen LogP contribution in [0.4, 0.5) is 8.78 Å². The van der Waals surface area contributed by atoms with Crippen molar-refractivity contribution in [3.63, 3.8) is 0 Å². The third kappa shape index (κ3) is 2.17. The van der Waals surface area contributed by atoms with Gasteiger partial charge >= 0.3 is 0 Å². The van der Waals surface area contributed by atoms with E-state index in [4.69, 9.17) is 0 Å². The quantitative estimate of drug-likeness (QED) is 0.725. The van der Waals surface area contributed by atoms with Crippen molar-refractivity contribution in [2.45, 2.75) is 19.8 Å². The van der Waals surface area contributed by atoms with Gasteiger partial charge in [0.1, 0.15) is 16.8 Å². The van der Waals surface area contributed by atoms with Crippen molar-refractivity contribution in [3.8, 4) is 17.3 Å². The lowest BCUT2D eigenvalue weighted by Gasteiger charge is -1.99. The molecule has 2 aromatic heterocycles. The number of imidazole rings is 1. The minimum absolute atomic E-state index is 0.221. The molecule has 3 aromatic rings. The molecule has 0 N–H and O–H groups in total. The number of aromatic nitrogens is 3. The number of rotatable bonds is 2. The van der Waals surface area contributed by atoms with Gasteiger partial charge < -0.3 is 0 Å². The first-order valence-corrected chi connectivity index (χ1v) is 7.08. The van der Waals surface area contributed by atoms with Gasteiger partial charge in [-0.3, -0.25) is 0 Å². The Morgan fingerprint density at radius 2 is 2.05 bits per heavy atom. The molecule has 0 atom stereocenters. The van der Waals surface area contributed by atoms with E-state index in [9.17, 15) is 14.0 Å². The lowest BCUT2D eigenvalue weighted by atomic mass is 10.1. The number of hydrogen-bond donors (Lipinski definition) is 0. The Hall–Kier alpha value is -2.33. The number of benzene rings is 1. The van der Waals surface area contributed by atoms with E-state index >= 15 is 0 Å². The van der Waals surface area contributed by atoms with Crippen LogP contribution in [0.25, 0.3) is 16.2 Å². The van der Waals surface area contributed by atoms with Gasteiger partial charge in [-0.2, -0.15) is 14.9 Å². The highest BCUT2D eigenvalue weighted by Crippen LogP contribution is 2.29. The molecule has 0 aliphatic rings. The van der Waals surface area contributed by atoms with Crippen LogP contribution in [0, 0.1) is 23.0 Å². The second-order valence-corrected chi connectivity index (χ2v) is 5.83. The predicted octanol–water partition coefficient (Wildman–Crippen LogP) is 3.73. The largest absolute Gasteiger partial charge is 0.216 e. The van der Waals surface area contributed by atoms with Crippen molar-refractivity contribution < 1.29 is 8.78 Å². The summed E-state index contributed by atoms with van der Waals surface area (Å²) in [6.45, 7) is 4.00. The molecule has 106 valence electrons. The third-order valence-corrected chi connectivity index (χ3v) is 4.22. The van der Waals surface area contributed by atoms with Gasteiger partial charge in [0.15, 0.2) is 17.3 Å². The summed E-state index contributed by atoms with van der Waals surface area (Å²) in [5.41, 5.74) is 0.888. The summed E-state index contributed by atoms with van der Waals surface area (Å²) in [4.78, 5) is 4.90. The highest BCUT2D eigenvalue weighted by atomic mass is 32.1. The van der Waals surface area contributed by atoms with Crippen LogP contribution in [0.1, 0.15) is 30.5 Å². The molecule has 0 saturated heterocycles. The maximum atomic E-state index is 13.3. The van der Waals surface area contributed by atoms with Gasteiger partial charge in [-0.25, -0.2) is 13.8 Å². The van der Waals surface area contributed by atoms with Crippen LogP contribution in [0.5, 0.6) is 0 Å². The molecular formula is C14H10F2N4S. The van der Waals surface area contributed by atoms with E-state index < -0.39 is 11.6 Å². The zero-order valence-electron chi connectivity index (χ0n) is 11.3. The first kappa shape index (κ1) is 13.6. The molecule has 0 unspecified atom stereocenters. The predicted molar refractivity (Wildman–Crippen MR) is 75.0 cm³/mol. The second-order valence-electron chi connectivity index (χ2n) is 4.84. The first-order valence-electron chi connectivity index (χ1n) is 6.26. The molecule has 0 spiro atoms. The molecule has 0 radical (unpaired) electrons. The van der Waals surface area contributed by atoms with Crippen molar-refractivity contribution in [3.05, 3.63) is 40.5 Å².